The molecule has 8 heteroatoms. The standard InChI is InChI=1S/C20H20ClN5O2/c1-14(15-7-9-16(10-8-15)26-13-22-12-24-26)25(2)19(27)11-23-20(28)17-5-3-4-6-18(17)21/h3-10,12-14H,11H2,1-2H3,(H,23,28)/t14-/m1/s1. The molecule has 0 aliphatic heterocycles. The van der Waals surface area contributed by atoms with Crippen molar-refractivity contribution in [2.75, 3.05) is 13.6 Å². The maximum atomic E-state index is 12.5. The maximum Gasteiger partial charge on any atom is 0.253 e. The molecule has 3 aromatic rings. The lowest BCUT2D eigenvalue weighted by molar-refractivity contribution is -0.130. The van der Waals surface area contributed by atoms with Gasteiger partial charge in [-0.1, -0.05) is 35.9 Å². The first-order valence-corrected chi connectivity index (χ1v) is 9.08. The molecule has 2 aromatic carbocycles. The van der Waals surface area contributed by atoms with Crippen molar-refractivity contribution in [3.63, 3.8) is 0 Å². The molecule has 0 aliphatic rings. The van der Waals surface area contributed by atoms with Crippen molar-refractivity contribution >= 4 is 23.4 Å². The minimum atomic E-state index is -0.378. The van der Waals surface area contributed by atoms with Crippen LogP contribution in [0.25, 0.3) is 5.69 Å². The fourth-order valence-electron chi connectivity index (χ4n) is 2.71. The number of nitrogens with one attached hydrogen (secondary N) is 1. The Morgan fingerprint density at radius 1 is 1.18 bits per heavy atom. The van der Waals surface area contributed by atoms with Crippen LogP contribution in [0.5, 0.6) is 0 Å². The maximum absolute atomic E-state index is 12.5. The van der Waals surface area contributed by atoms with Gasteiger partial charge >= 0.3 is 0 Å². The van der Waals surface area contributed by atoms with Gasteiger partial charge in [0.2, 0.25) is 5.91 Å². The Bertz CT molecular complexity index is 957. The molecule has 28 heavy (non-hydrogen) atoms. The Hall–Kier alpha value is -3.19. The molecule has 144 valence electrons. The topological polar surface area (TPSA) is 80.1 Å². The zero-order valence-electron chi connectivity index (χ0n) is 15.5. The number of aromatic nitrogens is 3. The highest BCUT2D eigenvalue weighted by molar-refractivity contribution is 6.33. The molecule has 0 saturated heterocycles. The van der Waals surface area contributed by atoms with Gasteiger partial charge in [-0.25, -0.2) is 9.67 Å². The molecule has 0 fully saturated rings. The first-order valence-electron chi connectivity index (χ1n) is 8.70. The molecule has 0 bridgehead atoms. The second kappa shape index (κ2) is 8.67. The lowest BCUT2D eigenvalue weighted by Gasteiger charge is -2.25. The SMILES string of the molecule is C[C@H](c1ccc(-n2cncn2)cc1)N(C)C(=O)CNC(=O)c1ccccc1Cl. The number of carbonyl (C=O) groups excluding carboxylic acids is 2. The molecule has 1 heterocycles. The van der Waals surface area contributed by atoms with Crippen LogP contribution in [-0.4, -0.2) is 45.1 Å². The zero-order valence-corrected chi connectivity index (χ0v) is 16.3. The van der Waals surface area contributed by atoms with Gasteiger partial charge in [-0.3, -0.25) is 9.59 Å². The van der Waals surface area contributed by atoms with Gasteiger partial charge in [-0.05, 0) is 36.8 Å². The predicted octanol–water partition coefficient (Wildman–Crippen LogP) is 2.87. The molecule has 3 rings (SSSR count). The number of halogens is 1. The first kappa shape index (κ1) is 19.6. The summed E-state index contributed by atoms with van der Waals surface area (Å²) in [7, 11) is 1.71. The van der Waals surface area contributed by atoms with Gasteiger partial charge in [-0.15, -0.1) is 0 Å². The van der Waals surface area contributed by atoms with Crippen LogP contribution in [0.4, 0.5) is 0 Å². The first-order chi connectivity index (χ1) is 13.5. The van der Waals surface area contributed by atoms with Gasteiger partial charge in [-0.2, -0.15) is 5.10 Å². The Kier molecular flexibility index (Phi) is 6.06. The summed E-state index contributed by atoms with van der Waals surface area (Å²) < 4.78 is 1.66. The van der Waals surface area contributed by atoms with Crippen molar-refractivity contribution in [3.8, 4) is 5.69 Å². The third-order valence-electron chi connectivity index (χ3n) is 4.55. The van der Waals surface area contributed by atoms with Gasteiger partial charge in [0.15, 0.2) is 0 Å². The van der Waals surface area contributed by atoms with Crippen molar-refractivity contribution in [3.05, 3.63) is 77.3 Å². The summed E-state index contributed by atoms with van der Waals surface area (Å²) in [4.78, 5) is 30.2. The number of amides is 2. The van der Waals surface area contributed by atoms with Gasteiger partial charge < -0.3 is 10.2 Å². The number of likely N-dealkylation sites (N-methyl/N-ethyl adjacent to an activating group) is 1. The highest BCUT2D eigenvalue weighted by Crippen LogP contribution is 2.20. The van der Waals surface area contributed by atoms with Crippen LogP contribution in [0.1, 0.15) is 28.9 Å². The van der Waals surface area contributed by atoms with E-state index in [4.69, 9.17) is 11.6 Å². The largest absolute Gasteiger partial charge is 0.343 e. The molecule has 0 aliphatic carbocycles. The molecular formula is C20H20ClN5O2. The lowest BCUT2D eigenvalue weighted by Crippen LogP contribution is -2.39. The molecule has 0 spiro atoms. The summed E-state index contributed by atoms with van der Waals surface area (Å²) in [5.74, 6) is -0.578. The van der Waals surface area contributed by atoms with Crippen molar-refractivity contribution in [1.82, 2.24) is 25.0 Å². The Morgan fingerprint density at radius 3 is 2.54 bits per heavy atom. The summed E-state index contributed by atoms with van der Waals surface area (Å²) >= 11 is 6.01. The molecule has 0 saturated carbocycles. The highest BCUT2D eigenvalue weighted by atomic mass is 35.5. The van der Waals surface area contributed by atoms with E-state index < -0.39 is 0 Å². The number of carbonyl (C=O) groups is 2. The van der Waals surface area contributed by atoms with Crippen LogP contribution in [-0.2, 0) is 4.79 Å². The molecule has 1 aromatic heterocycles. The van der Waals surface area contributed by atoms with E-state index in [1.54, 1.807) is 47.2 Å². The second-order valence-corrected chi connectivity index (χ2v) is 6.68. The third kappa shape index (κ3) is 4.37. The van der Waals surface area contributed by atoms with Gasteiger partial charge in [0.25, 0.3) is 5.91 Å². The number of benzene rings is 2. The third-order valence-corrected chi connectivity index (χ3v) is 4.88. The molecule has 0 radical (unpaired) electrons. The van der Waals surface area contributed by atoms with Crippen LogP contribution in [0.3, 0.4) is 0 Å². The fraction of sp³-hybridized carbons (Fsp3) is 0.200. The number of hydrogen-bond donors (Lipinski definition) is 1. The molecule has 0 unspecified atom stereocenters. The quantitative estimate of drug-likeness (QED) is 0.693. The zero-order chi connectivity index (χ0) is 20.1. The molecule has 7 nitrogen and oxygen atoms in total. The fourth-order valence-corrected chi connectivity index (χ4v) is 2.93. The molecule has 2 amide bonds. The molecular weight excluding hydrogens is 378 g/mol. The van der Waals surface area contributed by atoms with Crippen LogP contribution >= 0.6 is 11.6 Å². The van der Waals surface area contributed by atoms with Gasteiger partial charge in [0.1, 0.15) is 12.7 Å². The Morgan fingerprint density at radius 2 is 1.89 bits per heavy atom. The highest BCUT2D eigenvalue weighted by Gasteiger charge is 2.19. The van der Waals surface area contributed by atoms with Crippen LogP contribution in [0, 0.1) is 0 Å². The number of hydrogen-bond acceptors (Lipinski definition) is 4. The average Bonchev–Trinajstić information content (AvgIpc) is 3.26. The van der Waals surface area contributed by atoms with Crippen LogP contribution in [0.15, 0.2) is 61.2 Å². The van der Waals surface area contributed by atoms with Crippen molar-refractivity contribution in [1.29, 1.82) is 0 Å². The van der Waals surface area contributed by atoms with E-state index in [9.17, 15) is 9.59 Å². The van der Waals surface area contributed by atoms with E-state index in [2.05, 4.69) is 15.4 Å². The Labute approximate surface area is 167 Å². The molecule has 1 atom stereocenters. The van der Waals surface area contributed by atoms with Crippen molar-refractivity contribution in [2.45, 2.75) is 13.0 Å². The normalized spacial score (nSPS) is 11.7. The minimum Gasteiger partial charge on any atom is -0.343 e. The van der Waals surface area contributed by atoms with Crippen LogP contribution in [0.2, 0.25) is 5.02 Å². The van der Waals surface area contributed by atoms with Crippen LogP contribution < -0.4 is 5.32 Å². The number of rotatable bonds is 6. The van der Waals surface area contributed by atoms with E-state index in [0.717, 1.165) is 11.3 Å². The van der Waals surface area contributed by atoms with Gasteiger partial charge in [0, 0.05) is 7.05 Å². The van der Waals surface area contributed by atoms with Gasteiger partial charge in [0.05, 0.1) is 28.9 Å². The average molecular weight is 398 g/mol. The van der Waals surface area contributed by atoms with Crippen molar-refractivity contribution < 1.29 is 9.59 Å². The summed E-state index contributed by atoms with van der Waals surface area (Å²) in [6, 6.07) is 14.3. The Balaban J connectivity index is 1.59. The van der Waals surface area contributed by atoms with E-state index in [1.165, 1.54) is 6.33 Å². The lowest BCUT2D eigenvalue weighted by atomic mass is 10.1. The van der Waals surface area contributed by atoms with E-state index in [1.807, 2.05) is 31.2 Å². The summed E-state index contributed by atoms with van der Waals surface area (Å²) in [6.45, 7) is 1.82. The molecule has 1 N–H and O–H groups in total. The minimum absolute atomic E-state index is 0.109. The summed E-state index contributed by atoms with van der Waals surface area (Å²) in [6.07, 6.45) is 3.09. The number of nitrogens with zero attached hydrogens (tertiary/aromatic N) is 4. The smallest absolute Gasteiger partial charge is 0.253 e. The van der Waals surface area contributed by atoms with E-state index in [0.29, 0.717) is 10.6 Å². The summed E-state index contributed by atoms with van der Waals surface area (Å²) in [5.41, 5.74) is 2.20. The van der Waals surface area contributed by atoms with E-state index in [-0.39, 0.29) is 24.4 Å². The monoisotopic (exact) mass is 397 g/mol. The second-order valence-electron chi connectivity index (χ2n) is 6.27. The van der Waals surface area contributed by atoms with Crippen molar-refractivity contribution in [2.24, 2.45) is 0 Å². The predicted molar refractivity (Wildman–Crippen MR) is 106 cm³/mol. The summed E-state index contributed by atoms with van der Waals surface area (Å²) in [5, 5.41) is 7.06. The van der Waals surface area contributed by atoms with E-state index >= 15 is 0 Å².